The van der Waals surface area contributed by atoms with Crippen LogP contribution in [-0.4, -0.2) is 41.7 Å². The summed E-state index contributed by atoms with van der Waals surface area (Å²) in [5, 5.41) is 17.2. The highest BCUT2D eigenvalue weighted by Crippen LogP contribution is 2.29. The lowest BCUT2D eigenvalue weighted by atomic mass is 10.3. The first-order chi connectivity index (χ1) is 12.8. The molecule has 0 amide bonds. The van der Waals surface area contributed by atoms with Crippen LogP contribution in [0.15, 0.2) is 29.4 Å². The number of rotatable bonds is 6. The highest BCUT2D eigenvalue weighted by atomic mass is 32.2. The van der Waals surface area contributed by atoms with Crippen LogP contribution in [0, 0.1) is 0 Å². The summed E-state index contributed by atoms with van der Waals surface area (Å²) in [7, 11) is 0. The van der Waals surface area contributed by atoms with E-state index in [0.29, 0.717) is 10.4 Å². The summed E-state index contributed by atoms with van der Waals surface area (Å²) in [6, 6.07) is 5.48. The lowest BCUT2D eigenvalue weighted by Crippen LogP contribution is -2.21. The number of nitrogen functional groups attached to an aromatic ring is 1. The number of nitrogens with two attached hydrogens (primary N) is 1. The molecule has 3 rings (SSSR count). The average Bonchev–Trinajstić information content (AvgIpc) is 3.19. The fraction of sp³-hybridized carbons (Fsp3) is 0.250. The third-order valence-corrected chi connectivity index (χ3v) is 4.03. The number of alkyl halides is 5. The molecule has 0 radical (unpaired) electrons. The first-order valence-electron chi connectivity index (χ1n) is 6.98. The van der Waals surface area contributed by atoms with Gasteiger partial charge in [-0.15, -0.1) is 15.3 Å². The zero-order valence-corrected chi connectivity index (χ0v) is 13.8. The monoisotopic (exact) mass is 408 g/mol. The number of benzene rings is 1. The van der Waals surface area contributed by atoms with Crippen LogP contribution in [0.4, 0.5) is 22.0 Å². The Balaban J connectivity index is 1.74. The first kappa shape index (κ1) is 18.8. The van der Waals surface area contributed by atoms with Crippen LogP contribution in [0.2, 0.25) is 0 Å². The molecule has 0 saturated heterocycles. The Hall–Kier alpha value is -2.97. The van der Waals surface area contributed by atoms with Crippen LogP contribution in [0.3, 0.4) is 0 Å². The summed E-state index contributed by atoms with van der Waals surface area (Å²) in [6.45, 7) is -2.95. The fourth-order valence-corrected chi connectivity index (χ4v) is 2.73. The van der Waals surface area contributed by atoms with Crippen molar-refractivity contribution >= 4 is 11.8 Å². The standard InChI is InChI=1S/C12H9F5N8OS/c13-10(14)26-7-3-1-6(2-4-7)25-8(19-22-23-25)5-27-11-21-20-9(24(11)18)12(15,16)17/h1-4,10H,5,18H2. The van der Waals surface area contributed by atoms with Gasteiger partial charge in [0.05, 0.1) is 11.4 Å². The summed E-state index contributed by atoms with van der Waals surface area (Å²) in [4.78, 5) is 0. The Labute approximate surface area is 151 Å². The van der Waals surface area contributed by atoms with Gasteiger partial charge < -0.3 is 10.6 Å². The SMILES string of the molecule is Nn1c(SCc2nnnn2-c2ccc(OC(F)F)cc2)nnc1C(F)(F)F. The van der Waals surface area contributed by atoms with Crippen molar-refractivity contribution < 1.29 is 26.7 Å². The van der Waals surface area contributed by atoms with E-state index in [0.717, 1.165) is 11.8 Å². The van der Waals surface area contributed by atoms with Gasteiger partial charge >= 0.3 is 12.8 Å². The molecule has 15 heteroatoms. The second-order valence-corrected chi connectivity index (χ2v) is 5.78. The Morgan fingerprint density at radius 1 is 1.11 bits per heavy atom. The van der Waals surface area contributed by atoms with Gasteiger partial charge in [0.25, 0.3) is 5.82 Å². The van der Waals surface area contributed by atoms with Crippen molar-refractivity contribution in [3.63, 3.8) is 0 Å². The summed E-state index contributed by atoms with van der Waals surface area (Å²) in [6.07, 6.45) is -4.73. The lowest BCUT2D eigenvalue weighted by molar-refractivity contribution is -0.146. The number of hydrogen-bond acceptors (Lipinski definition) is 8. The van der Waals surface area contributed by atoms with Gasteiger partial charge in [0, 0.05) is 0 Å². The first-order valence-corrected chi connectivity index (χ1v) is 7.97. The topological polar surface area (TPSA) is 110 Å². The molecule has 0 unspecified atom stereocenters. The average molecular weight is 408 g/mol. The molecule has 2 heterocycles. The molecule has 2 N–H and O–H groups in total. The van der Waals surface area contributed by atoms with E-state index >= 15 is 0 Å². The third kappa shape index (κ3) is 4.24. The third-order valence-electron chi connectivity index (χ3n) is 3.09. The number of halogens is 5. The maximum Gasteiger partial charge on any atom is 0.453 e. The summed E-state index contributed by atoms with van der Waals surface area (Å²) in [5.41, 5.74) is 0.433. The van der Waals surface area contributed by atoms with Gasteiger partial charge in [0.15, 0.2) is 5.82 Å². The van der Waals surface area contributed by atoms with Crippen LogP contribution >= 0.6 is 11.8 Å². The number of thioether (sulfide) groups is 1. The maximum atomic E-state index is 12.7. The van der Waals surface area contributed by atoms with Crippen molar-refractivity contribution in [3.8, 4) is 11.4 Å². The largest absolute Gasteiger partial charge is 0.453 e. The van der Waals surface area contributed by atoms with E-state index < -0.39 is 18.6 Å². The molecule has 0 spiro atoms. The Kier molecular flexibility index (Phi) is 5.11. The van der Waals surface area contributed by atoms with Gasteiger partial charge in [-0.1, -0.05) is 11.8 Å². The van der Waals surface area contributed by atoms with Crippen molar-refractivity contribution in [2.45, 2.75) is 23.7 Å². The van der Waals surface area contributed by atoms with Crippen molar-refractivity contribution in [1.82, 2.24) is 35.1 Å². The number of ether oxygens (including phenoxy) is 1. The lowest BCUT2D eigenvalue weighted by Gasteiger charge is -2.07. The molecule has 9 nitrogen and oxygen atoms in total. The zero-order chi connectivity index (χ0) is 19.6. The molecule has 0 aliphatic rings. The van der Waals surface area contributed by atoms with Gasteiger partial charge in [-0.2, -0.15) is 26.6 Å². The van der Waals surface area contributed by atoms with Crippen molar-refractivity contribution in [1.29, 1.82) is 0 Å². The molecule has 144 valence electrons. The molecule has 2 aromatic heterocycles. The van der Waals surface area contributed by atoms with E-state index in [-0.39, 0.29) is 22.5 Å². The molecule has 0 aliphatic carbocycles. The van der Waals surface area contributed by atoms with Gasteiger partial charge in [-0.3, -0.25) is 0 Å². The Morgan fingerprint density at radius 3 is 2.41 bits per heavy atom. The highest BCUT2D eigenvalue weighted by molar-refractivity contribution is 7.98. The van der Waals surface area contributed by atoms with Gasteiger partial charge in [0.1, 0.15) is 5.75 Å². The van der Waals surface area contributed by atoms with Crippen LogP contribution in [-0.2, 0) is 11.9 Å². The zero-order valence-electron chi connectivity index (χ0n) is 13.0. The Morgan fingerprint density at radius 2 is 1.81 bits per heavy atom. The van der Waals surface area contributed by atoms with Crippen molar-refractivity contribution in [2.75, 3.05) is 5.84 Å². The number of hydrogen-bond donors (Lipinski definition) is 1. The van der Waals surface area contributed by atoms with E-state index in [9.17, 15) is 22.0 Å². The molecule has 3 aromatic rings. The second-order valence-electron chi connectivity index (χ2n) is 4.84. The summed E-state index contributed by atoms with van der Waals surface area (Å²) < 4.78 is 68.2. The maximum absolute atomic E-state index is 12.7. The number of aromatic nitrogens is 7. The van der Waals surface area contributed by atoms with E-state index in [1.54, 1.807) is 0 Å². The molecule has 0 bridgehead atoms. The molecular weight excluding hydrogens is 399 g/mol. The minimum absolute atomic E-state index is 0.0233. The summed E-state index contributed by atoms with van der Waals surface area (Å²) >= 11 is 0.839. The smallest absolute Gasteiger partial charge is 0.435 e. The molecule has 0 saturated carbocycles. The number of nitrogens with zero attached hydrogens (tertiary/aromatic N) is 7. The normalized spacial score (nSPS) is 11.9. The van der Waals surface area contributed by atoms with Crippen molar-refractivity contribution in [2.24, 2.45) is 0 Å². The molecular formula is C12H9F5N8OS. The molecule has 1 aromatic carbocycles. The van der Waals surface area contributed by atoms with E-state index in [2.05, 4.69) is 30.5 Å². The fourth-order valence-electron chi connectivity index (χ4n) is 1.96. The van der Waals surface area contributed by atoms with Gasteiger partial charge in [-0.25, -0.2) is 4.68 Å². The molecule has 0 atom stereocenters. The van der Waals surface area contributed by atoms with E-state index in [1.807, 2.05) is 0 Å². The Bertz CT molecular complexity index is 909. The predicted molar refractivity (Wildman–Crippen MR) is 80.5 cm³/mol. The second kappa shape index (κ2) is 7.34. The summed E-state index contributed by atoms with van der Waals surface area (Å²) in [5.74, 6) is 4.26. The molecule has 0 fully saturated rings. The minimum Gasteiger partial charge on any atom is -0.435 e. The minimum atomic E-state index is -4.73. The predicted octanol–water partition coefficient (Wildman–Crippen LogP) is 1.88. The van der Waals surface area contributed by atoms with Crippen LogP contribution in [0.5, 0.6) is 5.75 Å². The number of tetrazole rings is 1. The highest BCUT2D eigenvalue weighted by Gasteiger charge is 2.38. The van der Waals surface area contributed by atoms with E-state index in [1.165, 1.54) is 28.9 Å². The van der Waals surface area contributed by atoms with Crippen molar-refractivity contribution in [3.05, 3.63) is 35.9 Å². The molecule has 27 heavy (non-hydrogen) atoms. The van der Waals surface area contributed by atoms with E-state index in [4.69, 9.17) is 5.84 Å². The quantitative estimate of drug-likeness (QED) is 0.374. The van der Waals surface area contributed by atoms with Gasteiger partial charge in [0.2, 0.25) is 5.16 Å². The van der Waals surface area contributed by atoms with Gasteiger partial charge in [-0.05, 0) is 34.7 Å². The van der Waals surface area contributed by atoms with Crippen LogP contribution in [0.25, 0.3) is 5.69 Å². The van der Waals surface area contributed by atoms with Crippen LogP contribution < -0.4 is 10.6 Å². The van der Waals surface area contributed by atoms with Crippen LogP contribution in [0.1, 0.15) is 11.6 Å². The molecule has 0 aliphatic heterocycles.